The smallest absolute Gasteiger partial charge is 0.248 e. The maximum Gasteiger partial charge on any atom is 0.248 e. The number of hydrogen-bond acceptors (Lipinski definition) is 5. The van der Waals surface area contributed by atoms with Crippen LogP contribution in [0.3, 0.4) is 0 Å². The van der Waals surface area contributed by atoms with Gasteiger partial charge in [0, 0.05) is 43.9 Å². The number of primary amides is 1. The van der Waals surface area contributed by atoms with Crippen molar-refractivity contribution in [3.8, 4) is 11.1 Å². The number of rotatable bonds is 4. The molecule has 3 N–H and O–H groups in total. The standard InChI is InChI=1S/C17H21N5O/c1-22(2)17-20-10-14(15(21-17)13-6-7-19-9-13)11-4-3-5-12(8-11)16(18)23/h3-5,8,10,13,19H,6-7,9H2,1-2H3,(H2,18,23)/t13-/m0/s1. The normalized spacial score (nSPS) is 17.2. The third-order valence-corrected chi connectivity index (χ3v) is 4.11. The quantitative estimate of drug-likeness (QED) is 0.891. The van der Waals surface area contributed by atoms with Crippen molar-refractivity contribution >= 4 is 11.9 Å². The highest BCUT2D eigenvalue weighted by Crippen LogP contribution is 2.32. The highest BCUT2D eigenvalue weighted by molar-refractivity contribution is 5.94. The third kappa shape index (κ3) is 3.17. The molecule has 6 heteroatoms. The van der Waals surface area contributed by atoms with Gasteiger partial charge >= 0.3 is 0 Å². The van der Waals surface area contributed by atoms with Crippen molar-refractivity contribution in [3.05, 3.63) is 41.7 Å². The largest absolute Gasteiger partial charge is 0.366 e. The average Bonchev–Trinajstić information content (AvgIpc) is 3.08. The Hall–Kier alpha value is -2.47. The molecule has 1 fully saturated rings. The minimum absolute atomic E-state index is 0.351. The van der Waals surface area contributed by atoms with Crippen LogP contribution in [0, 0.1) is 0 Å². The fraction of sp³-hybridized carbons (Fsp3) is 0.353. The molecule has 0 unspecified atom stereocenters. The number of nitrogens with two attached hydrogens (primary N) is 1. The molecular weight excluding hydrogens is 290 g/mol. The first-order chi connectivity index (χ1) is 11.1. The van der Waals surface area contributed by atoms with E-state index < -0.39 is 5.91 Å². The van der Waals surface area contributed by atoms with Crippen molar-refractivity contribution in [2.45, 2.75) is 12.3 Å². The summed E-state index contributed by atoms with van der Waals surface area (Å²) in [7, 11) is 3.86. The molecule has 1 aliphatic rings. The van der Waals surface area contributed by atoms with Crippen LogP contribution in [0.2, 0.25) is 0 Å². The maximum absolute atomic E-state index is 11.4. The molecule has 0 saturated carbocycles. The van der Waals surface area contributed by atoms with Crippen LogP contribution in [0.4, 0.5) is 5.95 Å². The molecule has 1 aromatic carbocycles. The lowest BCUT2D eigenvalue weighted by Gasteiger charge is -2.18. The van der Waals surface area contributed by atoms with Crippen molar-refractivity contribution in [3.63, 3.8) is 0 Å². The molecule has 0 spiro atoms. The van der Waals surface area contributed by atoms with Crippen LogP contribution >= 0.6 is 0 Å². The summed E-state index contributed by atoms with van der Waals surface area (Å²) in [4.78, 5) is 22.5. The second kappa shape index (κ2) is 6.34. The van der Waals surface area contributed by atoms with E-state index in [4.69, 9.17) is 10.7 Å². The highest BCUT2D eigenvalue weighted by atomic mass is 16.1. The lowest BCUT2D eigenvalue weighted by Crippen LogP contribution is -2.16. The highest BCUT2D eigenvalue weighted by Gasteiger charge is 2.23. The van der Waals surface area contributed by atoms with Crippen LogP contribution in [0.15, 0.2) is 30.5 Å². The Balaban J connectivity index is 2.10. The average molecular weight is 311 g/mol. The Kier molecular flexibility index (Phi) is 4.25. The van der Waals surface area contributed by atoms with E-state index in [0.717, 1.165) is 36.3 Å². The summed E-state index contributed by atoms with van der Waals surface area (Å²) in [6, 6.07) is 7.33. The van der Waals surface area contributed by atoms with Gasteiger partial charge in [-0.2, -0.15) is 0 Å². The van der Waals surface area contributed by atoms with Gasteiger partial charge < -0.3 is 16.0 Å². The Labute approximate surface area is 135 Å². The zero-order chi connectivity index (χ0) is 16.4. The van der Waals surface area contributed by atoms with E-state index in [1.54, 1.807) is 6.07 Å². The summed E-state index contributed by atoms with van der Waals surface area (Å²) in [5, 5.41) is 3.38. The zero-order valence-electron chi connectivity index (χ0n) is 13.4. The lowest BCUT2D eigenvalue weighted by molar-refractivity contribution is 0.100. The molecule has 2 aromatic rings. The second-order valence-electron chi connectivity index (χ2n) is 6.00. The Morgan fingerprint density at radius 1 is 1.39 bits per heavy atom. The van der Waals surface area contributed by atoms with Crippen molar-refractivity contribution in [1.82, 2.24) is 15.3 Å². The van der Waals surface area contributed by atoms with Crippen molar-refractivity contribution in [2.75, 3.05) is 32.1 Å². The Bertz CT molecular complexity index is 723. The number of anilines is 1. The molecule has 1 saturated heterocycles. The van der Waals surface area contributed by atoms with Gasteiger partial charge in [0.1, 0.15) is 0 Å². The fourth-order valence-electron chi connectivity index (χ4n) is 2.86. The fourth-order valence-corrected chi connectivity index (χ4v) is 2.86. The van der Waals surface area contributed by atoms with E-state index in [9.17, 15) is 4.79 Å². The minimum atomic E-state index is -0.429. The first-order valence-electron chi connectivity index (χ1n) is 7.71. The van der Waals surface area contributed by atoms with E-state index in [1.165, 1.54) is 0 Å². The molecule has 0 radical (unpaired) electrons. The van der Waals surface area contributed by atoms with Gasteiger partial charge in [0.05, 0.1) is 5.69 Å². The molecule has 6 nitrogen and oxygen atoms in total. The van der Waals surface area contributed by atoms with Gasteiger partial charge in [-0.1, -0.05) is 12.1 Å². The van der Waals surface area contributed by atoms with Crippen LogP contribution in [0.25, 0.3) is 11.1 Å². The second-order valence-corrected chi connectivity index (χ2v) is 6.00. The monoisotopic (exact) mass is 311 g/mol. The molecule has 120 valence electrons. The van der Waals surface area contributed by atoms with Crippen LogP contribution in [0.1, 0.15) is 28.4 Å². The van der Waals surface area contributed by atoms with Crippen LogP contribution in [0.5, 0.6) is 0 Å². The van der Waals surface area contributed by atoms with Gasteiger partial charge in [0.2, 0.25) is 11.9 Å². The van der Waals surface area contributed by atoms with Crippen LogP contribution in [-0.2, 0) is 0 Å². The van der Waals surface area contributed by atoms with E-state index in [-0.39, 0.29) is 0 Å². The van der Waals surface area contributed by atoms with Crippen molar-refractivity contribution in [2.24, 2.45) is 5.73 Å². The number of hydrogen-bond donors (Lipinski definition) is 2. The van der Waals surface area contributed by atoms with E-state index >= 15 is 0 Å². The van der Waals surface area contributed by atoms with Gasteiger partial charge in [0.15, 0.2) is 0 Å². The number of carbonyl (C=O) groups is 1. The van der Waals surface area contributed by atoms with Gasteiger partial charge in [0.25, 0.3) is 0 Å². The van der Waals surface area contributed by atoms with Gasteiger partial charge in [-0.05, 0) is 30.7 Å². The molecule has 0 bridgehead atoms. The first kappa shape index (κ1) is 15.4. The third-order valence-electron chi connectivity index (χ3n) is 4.11. The molecule has 3 rings (SSSR count). The zero-order valence-corrected chi connectivity index (χ0v) is 13.4. The SMILES string of the molecule is CN(C)c1ncc(-c2cccc(C(N)=O)c2)c([C@H]2CCNC2)n1. The molecule has 1 aliphatic heterocycles. The van der Waals surface area contributed by atoms with E-state index in [2.05, 4.69) is 10.3 Å². The molecular formula is C17H21N5O. The maximum atomic E-state index is 11.4. The molecule has 2 heterocycles. The lowest BCUT2D eigenvalue weighted by atomic mass is 9.95. The first-order valence-corrected chi connectivity index (χ1v) is 7.71. The number of aromatic nitrogens is 2. The molecule has 1 amide bonds. The van der Waals surface area contributed by atoms with Crippen molar-refractivity contribution in [1.29, 1.82) is 0 Å². The Morgan fingerprint density at radius 2 is 2.22 bits per heavy atom. The van der Waals surface area contributed by atoms with Crippen molar-refractivity contribution < 1.29 is 4.79 Å². The van der Waals surface area contributed by atoms with E-state index in [1.807, 2.05) is 43.4 Å². The van der Waals surface area contributed by atoms with Gasteiger partial charge in [-0.15, -0.1) is 0 Å². The topological polar surface area (TPSA) is 84.1 Å². The summed E-state index contributed by atoms with van der Waals surface area (Å²) in [6.07, 6.45) is 2.89. The predicted octanol–water partition coefficient (Wildman–Crippen LogP) is 1.39. The summed E-state index contributed by atoms with van der Waals surface area (Å²) in [6.45, 7) is 1.90. The minimum Gasteiger partial charge on any atom is -0.366 e. The summed E-state index contributed by atoms with van der Waals surface area (Å²) in [5.74, 6) is 0.618. The van der Waals surface area contributed by atoms with Gasteiger partial charge in [-0.3, -0.25) is 4.79 Å². The summed E-state index contributed by atoms with van der Waals surface area (Å²) in [5.41, 5.74) is 8.81. The number of benzene rings is 1. The van der Waals surface area contributed by atoms with Gasteiger partial charge in [-0.25, -0.2) is 9.97 Å². The number of nitrogens with zero attached hydrogens (tertiary/aromatic N) is 3. The Morgan fingerprint density at radius 3 is 2.87 bits per heavy atom. The van der Waals surface area contributed by atoms with Crippen LogP contribution < -0.4 is 16.0 Å². The summed E-state index contributed by atoms with van der Waals surface area (Å²) < 4.78 is 0. The predicted molar refractivity (Wildman–Crippen MR) is 90.5 cm³/mol. The number of amides is 1. The number of carbonyl (C=O) groups excluding carboxylic acids is 1. The molecule has 1 aromatic heterocycles. The van der Waals surface area contributed by atoms with E-state index in [0.29, 0.717) is 17.4 Å². The molecule has 23 heavy (non-hydrogen) atoms. The molecule has 0 aliphatic carbocycles. The number of nitrogens with one attached hydrogen (secondary N) is 1. The molecule has 1 atom stereocenters. The van der Waals surface area contributed by atoms with Crippen LogP contribution in [-0.4, -0.2) is 43.1 Å². The summed E-state index contributed by atoms with van der Waals surface area (Å²) >= 11 is 0.